The molecule has 0 radical (unpaired) electrons. The maximum Gasteiger partial charge on any atom is 0.144 e. The van der Waals surface area contributed by atoms with Gasteiger partial charge in [0.1, 0.15) is 10.7 Å². The van der Waals surface area contributed by atoms with Crippen molar-refractivity contribution in [3.05, 3.63) is 47.9 Å². The Kier molecular flexibility index (Phi) is 3.24. The summed E-state index contributed by atoms with van der Waals surface area (Å²) in [7, 11) is 1.90. The fourth-order valence-electron chi connectivity index (χ4n) is 1.69. The first-order valence-corrected chi connectivity index (χ1v) is 6.77. The molecule has 5 nitrogen and oxygen atoms in total. The maximum atomic E-state index is 4.57. The zero-order valence-electron chi connectivity index (χ0n) is 10.4. The molecule has 0 aromatic carbocycles. The van der Waals surface area contributed by atoms with Crippen molar-refractivity contribution in [2.45, 2.75) is 6.54 Å². The molecule has 0 unspecified atom stereocenters. The number of nitrogens with zero attached hydrogens (tertiary/aromatic N) is 4. The van der Waals surface area contributed by atoms with Crippen LogP contribution in [0.5, 0.6) is 0 Å². The number of pyridine rings is 1. The van der Waals surface area contributed by atoms with Gasteiger partial charge in [0, 0.05) is 31.0 Å². The van der Waals surface area contributed by atoms with Crippen molar-refractivity contribution in [1.29, 1.82) is 0 Å². The summed E-state index contributed by atoms with van der Waals surface area (Å²) in [5.41, 5.74) is 2.92. The van der Waals surface area contributed by atoms with E-state index >= 15 is 0 Å². The van der Waals surface area contributed by atoms with Crippen LogP contribution in [-0.4, -0.2) is 19.7 Å². The second kappa shape index (κ2) is 5.19. The monoisotopic (exact) mass is 271 g/mol. The van der Waals surface area contributed by atoms with Crippen LogP contribution in [0.4, 0.5) is 5.69 Å². The Morgan fingerprint density at radius 3 is 3.05 bits per heavy atom. The van der Waals surface area contributed by atoms with E-state index in [-0.39, 0.29) is 0 Å². The number of hydrogen-bond donors (Lipinski definition) is 1. The van der Waals surface area contributed by atoms with Crippen molar-refractivity contribution in [3.63, 3.8) is 0 Å². The van der Waals surface area contributed by atoms with E-state index in [0.29, 0.717) is 6.54 Å². The smallest absolute Gasteiger partial charge is 0.144 e. The minimum atomic E-state index is 0.690. The van der Waals surface area contributed by atoms with Crippen molar-refractivity contribution < 1.29 is 0 Å². The Labute approximate surface area is 115 Å². The second-order valence-electron chi connectivity index (χ2n) is 4.11. The number of aromatic nitrogens is 4. The van der Waals surface area contributed by atoms with Gasteiger partial charge >= 0.3 is 0 Å². The molecule has 0 spiro atoms. The van der Waals surface area contributed by atoms with Crippen LogP contribution < -0.4 is 5.32 Å². The summed E-state index contributed by atoms with van der Waals surface area (Å²) < 4.78 is 1.78. The summed E-state index contributed by atoms with van der Waals surface area (Å²) >= 11 is 1.61. The zero-order chi connectivity index (χ0) is 13.1. The highest BCUT2D eigenvalue weighted by Crippen LogP contribution is 2.22. The van der Waals surface area contributed by atoms with Crippen molar-refractivity contribution in [3.8, 4) is 10.7 Å². The maximum absolute atomic E-state index is 4.57. The lowest BCUT2D eigenvalue weighted by Gasteiger charge is -2.02. The van der Waals surface area contributed by atoms with Gasteiger partial charge in [-0.15, -0.1) is 11.3 Å². The van der Waals surface area contributed by atoms with Crippen LogP contribution in [0.3, 0.4) is 0 Å². The predicted molar refractivity (Wildman–Crippen MR) is 75.9 cm³/mol. The normalized spacial score (nSPS) is 10.6. The van der Waals surface area contributed by atoms with Crippen molar-refractivity contribution in [1.82, 2.24) is 19.7 Å². The van der Waals surface area contributed by atoms with Crippen LogP contribution in [0, 0.1) is 0 Å². The third-order valence-corrected chi connectivity index (χ3v) is 3.53. The van der Waals surface area contributed by atoms with Gasteiger partial charge in [-0.2, -0.15) is 5.10 Å². The summed E-state index contributed by atoms with van der Waals surface area (Å²) in [6, 6.07) is 5.86. The van der Waals surface area contributed by atoms with Gasteiger partial charge in [0.05, 0.1) is 17.9 Å². The van der Waals surface area contributed by atoms with E-state index in [9.17, 15) is 0 Å². The first-order chi connectivity index (χ1) is 9.31. The average molecular weight is 271 g/mol. The number of hydrogen-bond acceptors (Lipinski definition) is 5. The fraction of sp³-hybridized carbons (Fsp3) is 0.154. The molecule has 0 aliphatic rings. The lowest BCUT2D eigenvalue weighted by molar-refractivity contribution is 0.770. The lowest BCUT2D eigenvalue weighted by atomic mass is 10.4. The molecule has 19 heavy (non-hydrogen) atoms. The number of anilines is 1. The van der Waals surface area contributed by atoms with Crippen LogP contribution >= 0.6 is 11.3 Å². The van der Waals surface area contributed by atoms with Crippen LogP contribution in [0.2, 0.25) is 0 Å². The number of thiazole rings is 1. The largest absolute Gasteiger partial charge is 0.378 e. The minimum Gasteiger partial charge on any atom is -0.378 e. The van der Waals surface area contributed by atoms with Crippen LogP contribution in [-0.2, 0) is 13.6 Å². The topological polar surface area (TPSA) is 55.6 Å². The molecule has 3 aromatic rings. The lowest BCUT2D eigenvalue weighted by Crippen LogP contribution is -1.99. The van der Waals surface area contributed by atoms with Gasteiger partial charge in [0.25, 0.3) is 0 Å². The molecule has 1 N–H and O–H groups in total. The Balaban J connectivity index is 1.68. The summed E-state index contributed by atoms with van der Waals surface area (Å²) in [4.78, 5) is 8.63. The van der Waals surface area contributed by atoms with Crippen molar-refractivity contribution in [2.75, 3.05) is 5.32 Å². The molecule has 3 heterocycles. The molecule has 96 valence electrons. The molecule has 0 bridgehead atoms. The highest BCUT2D eigenvalue weighted by Gasteiger charge is 2.07. The Morgan fingerprint density at radius 1 is 1.37 bits per heavy atom. The van der Waals surface area contributed by atoms with Gasteiger partial charge in [-0.3, -0.25) is 9.67 Å². The first-order valence-electron chi connectivity index (χ1n) is 5.89. The van der Waals surface area contributed by atoms with E-state index in [1.807, 2.05) is 36.8 Å². The number of aryl methyl sites for hydroxylation is 1. The van der Waals surface area contributed by atoms with Crippen LogP contribution in [0.1, 0.15) is 5.69 Å². The molecule has 0 atom stereocenters. The molecule has 3 aromatic heterocycles. The summed E-state index contributed by atoms with van der Waals surface area (Å²) in [6.07, 6.45) is 5.48. The van der Waals surface area contributed by atoms with Crippen molar-refractivity contribution in [2.24, 2.45) is 7.05 Å². The molecule has 0 amide bonds. The highest BCUT2D eigenvalue weighted by atomic mass is 32.1. The van der Waals surface area contributed by atoms with E-state index in [1.54, 1.807) is 28.4 Å². The summed E-state index contributed by atoms with van der Waals surface area (Å²) in [6.45, 7) is 0.690. The van der Waals surface area contributed by atoms with E-state index in [2.05, 4.69) is 20.4 Å². The van der Waals surface area contributed by atoms with E-state index in [1.165, 1.54) is 0 Å². The van der Waals surface area contributed by atoms with Gasteiger partial charge in [0.15, 0.2) is 0 Å². The summed E-state index contributed by atoms with van der Waals surface area (Å²) in [5.74, 6) is 0. The molecule has 0 aliphatic heterocycles. The highest BCUT2D eigenvalue weighted by molar-refractivity contribution is 7.13. The number of rotatable bonds is 4. The standard InChI is InChI=1S/C13H13N5S/c1-18-6-4-12(17-18)13-16-11(9-19-13)8-15-10-3-2-5-14-7-10/h2-7,9,15H,8H2,1H3. The molecule has 0 saturated carbocycles. The van der Waals surface area contributed by atoms with Crippen LogP contribution in [0.25, 0.3) is 10.7 Å². The van der Waals surface area contributed by atoms with E-state index < -0.39 is 0 Å². The molecule has 0 saturated heterocycles. The van der Waals surface area contributed by atoms with Gasteiger partial charge in [0.2, 0.25) is 0 Å². The van der Waals surface area contributed by atoms with Gasteiger partial charge in [-0.1, -0.05) is 0 Å². The first kappa shape index (κ1) is 11.9. The SMILES string of the molecule is Cn1ccc(-c2nc(CNc3cccnc3)cs2)n1. The third kappa shape index (κ3) is 2.79. The second-order valence-corrected chi connectivity index (χ2v) is 4.97. The predicted octanol–water partition coefficient (Wildman–Crippen LogP) is 2.55. The van der Waals surface area contributed by atoms with Gasteiger partial charge < -0.3 is 5.32 Å². The van der Waals surface area contributed by atoms with Gasteiger partial charge in [-0.25, -0.2) is 4.98 Å². The molecule has 6 heteroatoms. The number of nitrogens with one attached hydrogen (secondary N) is 1. The Hall–Kier alpha value is -2.21. The Bertz CT molecular complexity index is 658. The molecule has 0 fully saturated rings. The average Bonchev–Trinajstić information content (AvgIpc) is 3.06. The molecular formula is C13H13N5S. The van der Waals surface area contributed by atoms with Crippen LogP contribution in [0.15, 0.2) is 42.2 Å². The molecule has 0 aliphatic carbocycles. The molecule has 3 rings (SSSR count). The minimum absolute atomic E-state index is 0.690. The summed E-state index contributed by atoms with van der Waals surface area (Å²) in [5, 5.41) is 10.6. The van der Waals surface area contributed by atoms with Crippen molar-refractivity contribution >= 4 is 17.0 Å². The van der Waals surface area contributed by atoms with E-state index in [0.717, 1.165) is 22.1 Å². The third-order valence-electron chi connectivity index (χ3n) is 2.62. The zero-order valence-corrected chi connectivity index (χ0v) is 11.3. The quantitative estimate of drug-likeness (QED) is 0.792. The van der Waals surface area contributed by atoms with E-state index in [4.69, 9.17) is 0 Å². The molecular weight excluding hydrogens is 258 g/mol. The fourth-order valence-corrected chi connectivity index (χ4v) is 2.48. The Morgan fingerprint density at radius 2 is 2.32 bits per heavy atom. The van der Waals surface area contributed by atoms with Gasteiger partial charge in [-0.05, 0) is 18.2 Å².